The van der Waals surface area contributed by atoms with E-state index in [4.69, 9.17) is 0 Å². The van der Waals surface area contributed by atoms with Gasteiger partial charge in [0.05, 0.1) is 0 Å². The minimum atomic E-state index is -0.0380. The van der Waals surface area contributed by atoms with Gasteiger partial charge in [0, 0.05) is 6.04 Å². The summed E-state index contributed by atoms with van der Waals surface area (Å²) in [4.78, 5) is 11.9. The van der Waals surface area contributed by atoms with Crippen LogP contribution in [0.1, 0.15) is 53.3 Å². The second kappa shape index (κ2) is 4.96. The van der Waals surface area contributed by atoms with Crippen LogP contribution >= 0.6 is 11.3 Å². The SMILES string of the molecule is Cc1nnc(C(=O)N[C@@H]2C[C@H]2C2CCCCC2)s1. The second-order valence-corrected chi connectivity index (χ2v) is 6.69. The third-order valence-electron chi connectivity index (χ3n) is 4.13. The minimum absolute atomic E-state index is 0.0380. The largest absolute Gasteiger partial charge is 0.347 e. The zero-order valence-corrected chi connectivity index (χ0v) is 11.5. The number of carbonyl (C=O) groups excluding carboxylic acids is 1. The number of aryl methyl sites for hydroxylation is 1. The van der Waals surface area contributed by atoms with Gasteiger partial charge in [0.2, 0.25) is 5.01 Å². The molecule has 2 saturated carbocycles. The second-order valence-electron chi connectivity index (χ2n) is 5.50. The van der Waals surface area contributed by atoms with E-state index in [1.807, 2.05) is 6.92 Å². The molecule has 4 nitrogen and oxygen atoms in total. The summed E-state index contributed by atoms with van der Waals surface area (Å²) in [7, 11) is 0. The van der Waals surface area contributed by atoms with Gasteiger partial charge in [-0.2, -0.15) is 0 Å². The van der Waals surface area contributed by atoms with E-state index in [9.17, 15) is 4.79 Å². The van der Waals surface area contributed by atoms with Gasteiger partial charge in [0.25, 0.3) is 5.91 Å². The molecular weight excluding hydrogens is 246 g/mol. The molecule has 1 aromatic heterocycles. The normalized spacial score (nSPS) is 28.1. The third-order valence-corrected chi connectivity index (χ3v) is 4.97. The van der Waals surface area contributed by atoms with Gasteiger partial charge < -0.3 is 5.32 Å². The molecular formula is C13H19N3OS. The lowest BCUT2D eigenvalue weighted by atomic mass is 9.85. The van der Waals surface area contributed by atoms with Crippen LogP contribution < -0.4 is 5.32 Å². The quantitative estimate of drug-likeness (QED) is 0.913. The van der Waals surface area contributed by atoms with Gasteiger partial charge in [-0.3, -0.25) is 4.79 Å². The summed E-state index contributed by atoms with van der Waals surface area (Å²) in [6.07, 6.45) is 8.01. The molecule has 0 aromatic carbocycles. The van der Waals surface area contributed by atoms with Gasteiger partial charge in [0.15, 0.2) is 0 Å². The standard InChI is InChI=1S/C13H19N3OS/c1-8-15-16-13(18-8)12(17)14-11-7-10(11)9-5-3-2-4-6-9/h9-11H,2-7H2,1H3,(H,14,17)/t10-,11+/m0/s1. The molecule has 2 atom stereocenters. The Balaban J connectivity index is 1.51. The summed E-state index contributed by atoms with van der Waals surface area (Å²) in [6.45, 7) is 1.87. The zero-order chi connectivity index (χ0) is 12.5. The smallest absolute Gasteiger partial charge is 0.282 e. The average molecular weight is 265 g/mol. The number of carbonyl (C=O) groups is 1. The minimum Gasteiger partial charge on any atom is -0.347 e. The van der Waals surface area contributed by atoms with Crippen molar-refractivity contribution in [3.8, 4) is 0 Å². The van der Waals surface area contributed by atoms with Crippen molar-refractivity contribution in [3.05, 3.63) is 10.0 Å². The maximum absolute atomic E-state index is 11.9. The van der Waals surface area contributed by atoms with Crippen molar-refractivity contribution in [2.75, 3.05) is 0 Å². The van der Waals surface area contributed by atoms with Gasteiger partial charge in [0.1, 0.15) is 5.01 Å². The van der Waals surface area contributed by atoms with E-state index < -0.39 is 0 Å². The fourth-order valence-electron chi connectivity index (χ4n) is 3.08. The Morgan fingerprint density at radius 3 is 2.72 bits per heavy atom. The monoisotopic (exact) mass is 265 g/mol. The van der Waals surface area contributed by atoms with Crippen molar-refractivity contribution in [1.29, 1.82) is 0 Å². The average Bonchev–Trinajstić information content (AvgIpc) is 3.01. The Hall–Kier alpha value is -0.970. The van der Waals surface area contributed by atoms with E-state index in [1.165, 1.54) is 43.4 Å². The van der Waals surface area contributed by atoms with Crippen molar-refractivity contribution < 1.29 is 4.79 Å². The molecule has 2 aliphatic rings. The topological polar surface area (TPSA) is 54.9 Å². The van der Waals surface area contributed by atoms with Crippen molar-refractivity contribution in [3.63, 3.8) is 0 Å². The maximum Gasteiger partial charge on any atom is 0.282 e. The van der Waals surface area contributed by atoms with Crippen LogP contribution in [0.3, 0.4) is 0 Å². The van der Waals surface area contributed by atoms with Gasteiger partial charge in [-0.15, -0.1) is 10.2 Å². The first-order valence-electron chi connectivity index (χ1n) is 6.85. The molecule has 2 aliphatic carbocycles. The Morgan fingerprint density at radius 2 is 2.06 bits per heavy atom. The van der Waals surface area contributed by atoms with Crippen molar-refractivity contribution in [2.45, 2.75) is 51.5 Å². The van der Waals surface area contributed by atoms with Crippen LogP contribution in [-0.4, -0.2) is 22.1 Å². The Morgan fingerprint density at radius 1 is 1.28 bits per heavy atom. The molecule has 18 heavy (non-hydrogen) atoms. The molecule has 0 unspecified atom stereocenters. The summed E-state index contributed by atoms with van der Waals surface area (Å²) in [5, 5.41) is 12.2. The molecule has 2 fully saturated rings. The van der Waals surface area contributed by atoms with Gasteiger partial charge in [-0.1, -0.05) is 43.4 Å². The number of hydrogen-bond acceptors (Lipinski definition) is 4. The Kier molecular flexibility index (Phi) is 3.33. The summed E-state index contributed by atoms with van der Waals surface area (Å²) in [5.74, 6) is 1.53. The summed E-state index contributed by atoms with van der Waals surface area (Å²) >= 11 is 1.37. The van der Waals surface area contributed by atoms with E-state index in [-0.39, 0.29) is 5.91 Å². The highest BCUT2D eigenvalue weighted by Gasteiger charge is 2.44. The lowest BCUT2D eigenvalue weighted by Crippen LogP contribution is -2.28. The van der Waals surface area contributed by atoms with Crippen molar-refractivity contribution in [2.24, 2.45) is 11.8 Å². The fourth-order valence-corrected chi connectivity index (χ4v) is 3.68. The summed E-state index contributed by atoms with van der Waals surface area (Å²) < 4.78 is 0. The number of nitrogens with zero attached hydrogens (tertiary/aromatic N) is 2. The van der Waals surface area contributed by atoms with E-state index in [0.717, 1.165) is 23.3 Å². The maximum atomic E-state index is 11.9. The third kappa shape index (κ3) is 2.55. The van der Waals surface area contributed by atoms with Gasteiger partial charge in [-0.05, 0) is 25.2 Å². The molecule has 1 aromatic rings. The highest BCUT2D eigenvalue weighted by atomic mass is 32.1. The van der Waals surface area contributed by atoms with Crippen LogP contribution in [0.15, 0.2) is 0 Å². The van der Waals surface area contributed by atoms with Crippen molar-refractivity contribution >= 4 is 17.2 Å². The predicted octanol–water partition coefficient (Wildman–Crippen LogP) is 2.55. The van der Waals surface area contributed by atoms with E-state index in [0.29, 0.717) is 11.0 Å². The molecule has 0 spiro atoms. The van der Waals surface area contributed by atoms with Crippen LogP contribution in [0.5, 0.6) is 0 Å². The Bertz CT molecular complexity index is 439. The molecule has 5 heteroatoms. The lowest BCUT2D eigenvalue weighted by Gasteiger charge is -2.21. The predicted molar refractivity (Wildman–Crippen MR) is 70.6 cm³/mol. The van der Waals surface area contributed by atoms with E-state index >= 15 is 0 Å². The molecule has 0 bridgehead atoms. The molecule has 1 heterocycles. The van der Waals surface area contributed by atoms with Gasteiger partial charge in [-0.25, -0.2) is 0 Å². The summed E-state index contributed by atoms with van der Waals surface area (Å²) in [5.41, 5.74) is 0. The van der Waals surface area contributed by atoms with Crippen LogP contribution in [-0.2, 0) is 0 Å². The van der Waals surface area contributed by atoms with Crippen LogP contribution in [0.25, 0.3) is 0 Å². The molecule has 98 valence electrons. The lowest BCUT2D eigenvalue weighted by molar-refractivity contribution is 0.0945. The number of rotatable bonds is 3. The van der Waals surface area contributed by atoms with Crippen LogP contribution in [0, 0.1) is 18.8 Å². The first kappa shape index (κ1) is 12.1. The first-order valence-corrected chi connectivity index (χ1v) is 7.66. The zero-order valence-electron chi connectivity index (χ0n) is 10.7. The number of nitrogens with one attached hydrogen (secondary N) is 1. The van der Waals surface area contributed by atoms with Crippen molar-refractivity contribution in [1.82, 2.24) is 15.5 Å². The van der Waals surface area contributed by atoms with E-state index in [2.05, 4.69) is 15.5 Å². The highest BCUT2D eigenvalue weighted by Crippen LogP contribution is 2.44. The number of amides is 1. The van der Waals surface area contributed by atoms with Gasteiger partial charge >= 0.3 is 0 Å². The summed E-state index contributed by atoms with van der Waals surface area (Å²) in [6, 6.07) is 0.393. The van der Waals surface area contributed by atoms with E-state index in [1.54, 1.807) is 0 Å². The Labute approximate surface area is 111 Å². The first-order chi connectivity index (χ1) is 8.74. The highest BCUT2D eigenvalue weighted by molar-refractivity contribution is 7.13. The molecule has 1 amide bonds. The fraction of sp³-hybridized carbons (Fsp3) is 0.769. The number of aromatic nitrogens is 2. The van der Waals surface area contributed by atoms with Crippen LogP contribution in [0.4, 0.5) is 0 Å². The molecule has 0 aliphatic heterocycles. The molecule has 0 radical (unpaired) electrons. The molecule has 0 saturated heterocycles. The molecule has 3 rings (SSSR count). The molecule has 1 N–H and O–H groups in total. The number of hydrogen-bond donors (Lipinski definition) is 1. The van der Waals surface area contributed by atoms with Crippen LogP contribution in [0.2, 0.25) is 0 Å².